The van der Waals surface area contributed by atoms with Gasteiger partial charge in [-0.1, -0.05) is 60.7 Å². The molecule has 0 aliphatic heterocycles. The number of hydrogen-bond acceptors (Lipinski definition) is 7. The molecular weight excluding hydrogens is 467 g/mol. The second kappa shape index (κ2) is 11.6. The largest absolute Gasteiger partial charge is 0.497 e. The van der Waals surface area contributed by atoms with Crippen molar-refractivity contribution in [2.45, 2.75) is 17.8 Å². The van der Waals surface area contributed by atoms with Gasteiger partial charge in [-0.25, -0.2) is 14.0 Å². The maximum absolute atomic E-state index is 13.5. The third-order valence-corrected chi connectivity index (χ3v) is 5.69. The van der Waals surface area contributed by atoms with Crippen LogP contribution in [-0.4, -0.2) is 44.0 Å². The molecule has 0 saturated carbocycles. The molecule has 3 rings (SSSR count). The maximum Gasteiger partial charge on any atom is 0.346 e. The van der Waals surface area contributed by atoms with Crippen molar-refractivity contribution in [1.29, 1.82) is 0 Å². The van der Waals surface area contributed by atoms with Crippen LogP contribution in [-0.2, 0) is 36.0 Å². The highest BCUT2D eigenvalue weighted by Crippen LogP contribution is 2.42. The van der Waals surface area contributed by atoms with Gasteiger partial charge in [0.2, 0.25) is 11.2 Å². The van der Waals surface area contributed by atoms with Crippen LogP contribution in [0.2, 0.25) is 0 Å². The summed E-state index contributed by atoms with van der Waals surface area (Å²) in [4.78, 5) is 26.7. The van der Waals surface area contributed by atoms with E-state index in [1.807, 2.05) is 6.07 Å². The van der Waals surface area contributed by atoms with Crippen LogP contribution in [0.1, 0.15) is 16.7 Å². The summed E-state index contributed by atoms with van der Waals surface area (Å²) in [5.74, 6) is -2.19. The van der Waals surface area contributed by atoms with Gasteiger partial charge >= 0.3 is 11.9 Å². The highest BCUT2D eigenvalue weighted by atomic mass is 19.1. The lowest BCUT2D eigenvalue weighted by molar-refractivity contribution is -0.218. The Kier molecular flexibility index (Phi) is 8.58. The number of ether oxygens (including phenoxy) is 4. The Morgan fingerprint density at radius 1 is 0.861 bits per heavy atom. The van der Waals surface area contributed by atoms with Crippen LogP contribution in [0.3, 0.4) is 0 Å². The number of hydrogen-bond donors (Lipinski definition) is 1. The minimum atomic E-state index is -2.70. The normalized spacial score (nSPS) is 14.5. The average Bonchev–Trinajstić information content (AvgIpc) is 2.93. The van der Waals surface area contributed by atoms with E-state index < -0.39 is 29.0 Å². The van der Waals surface area contributed by atoms with Gasteiger partial charge in [-0.3, -0.25) is 0 Å². The van der Waals surface area contributed by atoms with Crippen LogP contribution in [0.5, 0.6) is 5.75 Å². The van der Waals surface area contributed by atoms with E-state index >= 15 is 0 Å². The van der Waals surface area contributed by atoms with Gasteiger partial charge in [0, 0.05) is 0 Å². The van der Waals surface area contributed by atoms with Crippen LogP contribution in [0.25, 0.3) is 6.08 Å². The summed E-state index contributed by atoms with van der Waals surface area (Å²) in [5.41, 5.74) is -3.85. The third kappa shape index (κ3) is 5.30. The average molecular weight is 495 g/mol. The lowest BCUT2D eigenvalue weighted by Gasteiger charge is -2.41. The SMILES string of the molecule is COC(=O)[C@@](OCc1ccccc1)(c1ccc(OC)cc1)[C@](O)(/C=C/c1ccc(F)cc1)C(=O)OC. The standard InChI is InChI=1S/C28H27FO7/c1-33-24-15-11-22(12-16-24)28(26(31)35-3,36-19-21-7-5-4-6-8-21)27(32,25(30)34-2)18-17-20-9-13-23(29)14-10-20/h4-18,32H,19H2,1-3H3/b18-17+/t27-,28-/m0/s1. The number of benzene rings is 3. The predicted molar refractivity (Wildman–Crippen MR) is 130 cm³/mol. The molecule has 1 N–H and O–H groups in total. The van der Waals surface area contributed by atoms with Gasteiger partial charge in [0.15, 0.2) is 0 Å². The van der Waals surface area contributed by atoms with Crippen molar-refractivity contribution in [2.75, 3.05) is 21.3 Å². The van der Waals surface area contributed by atoms with Crippen LogP contribution in [0.15, 0.2) is 84.9 Å². The Bertz CT molecular complexity index is 1190. The van der Waals surface area contributed by atoms with Gasteiger partial charge in [0.05, 0.1) is 27.9 Å². The van der Waals surface area contributed by atoms with Gasteiger partial charge in [-0.2, -0.15) is 0 Å². The summed E-state index contributed by atoms with van der Waals surface area (Å²) in [6, 6.07) is 20.3. The molecular formula is C28H27FO7. The highest BCUT2D eigenvalue weighted by molar-refractivity contribution is 5.96. The molecule has 0 aliphatic rings. The Morgan fingerprint density at radius 3 is 2.03 bits per heavy atom. The van der Waals surface area contributed by atoms with E-state index in [-0.39, 0.29) is 12.2 Å². The number of carbonyl (C=O) groups excluding carboxylic acids is 2. The molecule has 188 valence electrons. The summed E-state index contributed by atoms with van der Waals surface area (Å²) < 4.78 is 34.8. The number of rotatable bonds is 10. The monoisotopic (exact) mass is 494 g/mol. The van der Waals surface area contributed by atoms with Crippen molar-refractivity contribution in [3.63, 3.8) is 0 Å². The number of aliphatic hydroxyl groups is 1. The van der Waals surface area contributed by atoms with E-state index in [1.54, 1.807) is 36.4 Å². The molecule has 0 radical (unpaired) electrons. The molecule has 36 heavy (non-hydrogen) atoms. The van der Waals surface area contributed by atoms with Crippen LogP contribution < -0.4 is 4.74 Å². The van der Waals surface area contributed by atoms with E-state index in [2.05, 4.69) is 0 Å². The molecule has 2 atom stereocenters. The minimum Gasteiger partial charge on any atom is -0.497 e. The fraction of sp³-hybridized carbons (Fsp3) is 0.214. The van der Waals surface area contributed by atoms with Crippen molar-refractivity contribution in [3.8, 4) is 5.75 Å². The molecule has 0 saturated heterocycles. The third-order valence-electron chi connectivity index (χ3n) is 5.69. The summed E-state index contributed by atoms with van der Waals surface area (Å²) in [7, 11) is 3.67. The number of esters is 2. The molecule has 0 fully saturated rings. The van der Waals surface area contributed by atoms with Crippen molar-refractivity contribution in [1.82, 2.24) is 0 Å². The molecule has 0 amide bonds. The zero-order valence-corrected chi connectivity index (χ0v) is 20.1. The molecule has 0 spiro atoms. The molecule has 0 aromatic heterocycles. The predicted octanol–water partition coefficient (Wildman–Crippen LogP) is 4.04. The van der Waals surface area contributed by atoms with Crippen LogP contribution >= 0.6 is 0 Å². The smallest absolute Gasteiger partial charge is 0.346 e. The lowest BCUT2D eigenvalue weighted by atomic mass is 9.76. The zero-order valence-electron chi connectivity index (χ0n) is 20.1. The summed E-state index contributed by atoms with van der Waals surface area (Å²) in [6.07, 6.45) is 2.45. The van der Waals surface area contributed by atoms with Gasteiger partial charge in [0.25, 0.3) is 0 Å². The van der Waals surface area contributed by atoms with E-state index in [4.69, 9.17) is 18.9 Å². The maximum atomic E-state index is 13.5. The Labute approximate surface area is 208 Å². The molecule has 0 heterocycles. The van der Waals surface area contributed by atoms with Gasteiger partial charge in [-0.15, -0.1) is 0 Å². The number of halogens is 1. The summed E-state index contributed by atoms with van der Waals surface area (Å²) >= 11 is 0. The molecule has 8 heteroatoms. The zero-order chi connectivity index (χ0) is 26.2. The summed E-state index contributed by atoms with van der Waals surface area (Å²) in [5, 5.41) is 12.0. The first-order valence-corrected chi connectivity index (χ1v) is 11.0. The second-order valence-electron chi connectivity index (χ2n) is 7.82. The molecule has 0 aliphatic carbocycles. The lowest BCUT2D eigenvalue weighted by Crippen LogP contribution is -2.62. The first-order chi connectivity index (χ1) is 17.3. The van der Waals surface area contributed by atoms with Crippen molar-refractivity contribution in [3.05, 3.63) is 107 Å². The van der Waals surface area contributed by atoms with Gasteiger partial charge in [0.1, 0.15) is 11.6 Å². The van der Waals surface area contributed by atoms with Crippen molar-refractivity contribution < 1.29 is 38.0 Å². The Balaban J connectivity index is 2.25. The Hall–Kier alpha value is -4.01. The van der Waals surface area contributed by atoms with E-state index in [1.165, 1.54) is 49.6 Å². The van der Waals surface area contributed by atoms with Crippen LogP contribution in [0, 0.1) is 5.82 Å². The highest BCUT2D eigenvalue weighted by Gasteiger charge is 2.63. The van der Waals surface area contributed by atoms with Crippen LogP contribution in [0.4, 0.5) is 4.39 Å². The van der Waals surface area contributed by atoms with Gasteiger partial charge < -0.3 is 24.1 Å². The van der Waals surface area contributed by atoms with E-state index in [9.17, 15) is 19.1 Å². The fourth-order valence-electron chi connectivity index (χ4n) is 3.76. The molecule has 3 aromatic carbocycles. The topological polar surface area (TPSA) is 91.3 Å². The first-order valence-electron chi connectivity index (χ1n) is 11.0. The van der Waals surface area contributed by atoms with Crippen molar-refractivity contribution >= 4 is 18.0 Å². The molecule has 3 aromatic rings. The molecule has 0 bridgehead atoms. The van der Waals surface area contributed by atoms with E-state index in [0.717, 1.165) is 20.3 Å². The first kappa shape index (κ1) is 26.6. The quantitative estimate of drug-likeness (QED) is 0.426. The minimum absolute atomic E-state index is 0.114. The molecule has 0 unspecified atom stereocenters. The Morgan fingerprint density at radius 2 is 1.47 bits per heavy atom. The van der Waals surface area contributed by atoms with Gasteiger partial charge in [-0.05, 0) is 47.0 Å². The second-order valence-corrected chi connectivity index (χ2v) is 7.82. The summed E-state index contributed by atoms with van der Waals surface area (Å²) in [6.45, 7) is -0.161. The fourth-order valence-corrected chi connectivity index (χ4v) is 3.76. The van der Waals surface area contributed by atoms with Crippen molar-refractivity contribution in [2.24, 2.45) is 0 Å². The van der Waals surface area contributed by atoms with E-state index in [0.29, 0.717) is 16.9 Å². The number of carbonyl (C=O) groups is 2. The number of methoxy groups -OCH3 is 3. The molecule has 7 nitrogen and oxygen atoms in total.